The molecule has 0 radical (unpaired) electrons. The molecule has 184 valence electrons. The Balaban J connectivity index is 1.86. The number of anilines is 1. The van der Waals surface area contributed by atoms with Crippen molar-refractivity contribution < 1.29 is 23.2 Å². The summed E-state index contributed by atoms with van der Waals surface area (Å²) in [5.41, 5.74) is -0.151. The van der Waals surface area contributed by atoms with Gasteiger partial charge < -0.3 is 14.9 Å². The van der Waals surface area contributed by atoms with Crippen LogP contribution in [0.5, 0.6) is 5.75 Å². The zero-order chi connectivity index (χ0) is 26.0. The van der Waals surface area contributed by atoms with Crippen molar-refractivity contribution in [2.75, 3.05) is 5.32 Å². The first-order valence-corrected chi connectivity index (χ1v) is 10.5. The van der Waals surface area contributed by atoms with E-state index in [1.807, 2.05) is 0 Å². The predicted octanol–water partition coefficient (Wildman–Crippen LogP) is 3.13. The minimum atomic E-state index is -2.88. The summed E-state index contributed by atoms with van der Waals surface area (Å²) in [6.07, 6.45) is 4.77. The predicted molar refractivity (Wildman–Crippen MR) is 120 cm³/mol. The van der Waals surface area contributed by atoms with Crippen molar-refractivity contribution in [3.05, 3.63) is 87.7 Å². The average Bonchev–Trinajstić information content (AvgIpc) is 3.56. The van der Waals surface area contributed by atoms with Gasteiger partial charge in [0, 0.05) is 25.1 Å². The summed E-state index contributed by atoms with van der Waals surface area (Å²) >= 11 is 0. The van der Waals surface area contributed by atoms with Crippen LogP contribution in [0.4, 0.5) is 14.5 Å². The zero-order valence-corrected chi connectivity index (χ0v) is 19.0. The molecule has 0 saturated heterocycles. The molecular weight excluding hydrogens is 476 g/mol. The summed E-state index contributed by atoms with van der Waals surface area (Å²) in [4.78, 5) is 29.9. The molecule has 1 amide bonds. The minimum Gasteiger partial charge on any atom is -0.501 e. The fourth-order valence-electron chi connectivity index (χ4n) is 4.01. The number of aromatic nitrogens is 5. The maximum atomic E-state index is 13.3. The number of halogens is 2. The van der Waals surface area contributed by atoms with Gasteiger partial charge >= 0.3 is 6.55 Å². The SMILES string of the molecule is C[C@@H](c1nc(C(=O)Nc2cnoc2)c(O)c(=O)n1C)[C@@H](c1cnn(C(F)F)c1)c1ccccc1C#N. The Hall–Kier alpha value is -4.86. The topological polar surface area (TPSA) is 152 Å². The van der Waals surface area contributed by atoms with Gasteiger partial charge in [0.2, 0.25) is 5.75 Å². The highest BCUT2D eigenvalue weighted by Crippen LogP contribution is 2.39. The average molecular weight is 495 g/mol. The number of carbonyl (C=O) groups is 1. The smallest absolute Gasteiger partial charge is 0.333 e. The second-order valence-corrected chi connectivity index (χ2v) is 7.90. The molecule has 0 spiro atoms. The lowest BCUT2D eigenvalue weighted by Crippen LogP contribution is -2.29. The summed E-state index contributed by atoms with van der Waals surface area (Å²) in [5.74, 6) is -3.20. The van der Waals surface area contributed by atoms with Crippen molar-refractivity contribution >= 4 is 11.6 Å². The Morgan fingerprint density at radius 2 is 2.03 bits per heavy atom. The molecule has 0 saturated carbocycles. The van der Waals surface area contributed by atoms with Crippen LogP contribution in [0.25, 0.3) is 0 Å². The van der Waals surface area contributed by atoms with Gasteiger partial charge in [0.25, 0.3) is 11.5 Å². The van der Waals surface area contributed by atoms with Crippen LogP contribution in [0, 0.1) is 11.3 Å². The summed E-state index contributed by atoms with van der Waals surface area (Å²) in [7, 11) is 1.36. The molecule has 0 fully saturated rings. The van der Waals surface area contributed by atoms with Gasteiger partial charge in [0.05, 0.1) is 24.0 Å². The Kier molecular flexibility index (Phi) is 6.60. The van der Waals surface area contributed by atoms with Crippen LogP contribution < -0.4 is 10.9 Å². The lowest BCUT2D eigenvalue weighted by Gasteiger charge is -2.26. The van der Waals surface area contributed by atoms with Gasteiger partial charge in [0.1, 0.15) is 17.8 Å². The molecule has 4 aromatic rings. The van der Waals surface area contributed by atoms with E-state index in [9.17, 15) is 28.7 Å². The number of nitrogens with zero attached hydrogens (tertiary/aromatic N) is 6. The maximum absolute atomic E-state index is 13.3. The molecule has 1 aromatic carbocycles. The van der Waals surface area contributed by atoms with Crippen molar-refractivity contribution in [1.29, 1.82) is 5.26 Å². The summed E-state index contributed by atoms with van der Waals surface area (Å²) in [5, 5.41) is 29.6. The molecule has 0 aliphatic heterocycles. The molecule has 2 atom stereocenters. The normalized spacial score (nSPS) is 12.8. The Bertz CT molecular complexity index is 1510. The molecule has 3 heterocycles. The van der Waals surface area contributed by atoms with Crippen LogP contribution in [0.15, 0.2) is 58.4 Å². The first-order chi connectivity index (χ1) is 17.2. The molecule has 36 heavy (non-hydrogen) atoms. The zero-order valence-electron chi connectivity index (χ0n) is 19.0. The molecular formula is C23H19F2N7O4. The van der Waals surface area contributed by atoms with E-state index in [1.54, 1.807) is 31.2 Å². The fraction of sp³-hybridized carbons (Fsp3) is 0.217. The summed E-state index contributed by atoms with van der Waals surface area (Å²) in [6, 6.07) is 8.68. The second-order valence-electron chi connectivity index (χ2n) is 7.90. The molecule has 3 aromatic heterocycles. The molecule has 0 bridgehead atoms. The van der Waals surface area contributed by atoms with Crippen molar-refractivity contribution in [2.45, 2.75) is 25.3 Å². The fourth-order valence-corrected chi connectivity index (χ4v) is 4.01. The first kappa shape index (κ1) is 24.3. The van der Waals surface area contributed by atoms with Crippen LogP contribution in [0.2, 0.25) is 0 Å². The lowest BCUT2D eigenvalue weighted by atomic mass is 9.80. The number of aromatic hydroxyl groups is 1. The number of alkyl halides is 2. The molecule has 0 aliphatic carbocycles. The number of hydrogen-bond donors (Lipinski definition) is 2. The number of benzene rings is 1. The number of amides is 1. The summed E-state index contributed by atoms with van der Waals surface area (Å²) in [6.45, 7) is -1.22. The third-order valence-corrected chi connectivity index (χ3v) is 5.71. The monoisotopic (exact) mass is 495 g/mol. The van der Waals surface area contributed by atoms with E-state index in [-0.39, 0.29) is 17.1 Å². The van der Waals surface area contributed by atoms with Crippen molar-refractivity contribution in [3.8, 4) is 11.8 Å². The van der Waals surface area contributed by atoms with Crippen LogP contribution in [-0.4, -0.2) is 35.5 Å². The van der Waals surface area contributed by atoms with E-state index in [4.69, 9.17) is 0 Å². The number of hydrogen-bond acceptors (Lipinski definition) is 8. The molecule has 0 unspecified atom stereocenters. The van der Waals surface area contributed by atoms with Gasteiger partial charge in [-0.25, -0.2) is 9.67 Å². The van der Waals surface area contributed by atoms with E-state index >= 15 is 0 Å². The van der Waals surface area contributed by atoms with Gasteiger partial charge in [-0.15, -0.1) is 0 Å². The highest BCUT2D eigenvalue weighted by molar-refractivity contribution is 6.04. The van der Waals surface area contributed by atoms with E-state index < -0.39 is 41.3 Å². The highest BCUT2D eigenvalue weighted by Gasteiger charge is 2.31. The van der Waals surface area contributed by atoms with Crippen LogP contribution in [0.3, 0.4) is 0 Å². The molecule has 4 rings (SSSR count). The Labute approximate surface area is 202 Å². The largest absolute Gasteiger partial charge is 0.501 e. The molecule has 2 N–H and O–H groups in total. The van der Waals surface area contributed by atoms with E-state index in [1.165, 1.54) is 19.4 Å². The van der Waals surface area contributed by atoms with Gasteiger partial charge in [-0.2, -0.15) is 19.1 Å². The Morgan fingerprint density at radius 3 is 2.67 bits per heavy atom. The van der Waals surface area contributed by atoms with Crippen LogP contribution in [-0.2, 0) is 7.05 Å². The highest BCUT2D eigenvalue weighted by atomic mass is 19.3. The quantitative estimate of drug-likeness (QED) is 0.397. The number of rotatable bonds is 7. The second kappa shape index (κ2) is 9.79. The van der Waals surface area contributed by atoms with Gasteiger partial charge in [0.15, 0.2) is 5.69 Å². The van der Waals surface area contributed by atoms with E-state index in [0.29, 0.717) is 15.8 Å². The molecule has 13 heteroatoms. The number of nitrogens with one attached hydrogen (secondary N) is 1. The Morgan fingerprint density at radius 1 is 1.28 bits per heavy atom. The third-order valence-electron chi connectivity index (χ3n) is 5.71. The molecule has 11 nitrogen and oxygen atoms in total. The minimum absolute atomic E-state index is 0.0656. The van der Waals surface area contributed by atoms with Gasteiger partial charge in [-0.1, -0.05) is 30.3 Å². The lowest BCUT2D eigenvalue weighted by molar-refractivity contribution is 0.0565. The number of carbonyl (C=O) groups excluding carboxylic acids is 1. The van der Waals surface area contributed by atoms with Crippen molar-refractivity contribution in [3.63, 3.8) is 0 Å². The van der Waals surface area contributed by atoms with Crippen LogP contribution >= 0.6 is 0 Å². The summed E-state index contributed by atoms with van der Waals surface area (Å²) < 4.78 is 32.8. The third kappa shape index (κ3) is 4.43. The standard InChI is InChI=1S/C23H19F2N7O4/c1-12(17(14-8-27-32(10-14)23(24)25)16-6-4-3-5-13(16)7-26)20-30-18(19(33)22(35)31(20)2)21(34)29-15-9-28-36-11-15/h3-6,8-12,17,23,33H,1-2H3,(H,29,34)/t12-,17+/m1/s1. The van der Waals surface area contributed by atoms with E-state index in [2.05, 4.69) is 31.1 Å². The van der Waals surface area contributed by atoms with Gasteiger partial charge in [-0.3, -0.25) is 14.2 Å². The van der Waals surface area contributed by atoms with Crippen molar-refractivity contribution in [2.24, 2.45) is 7.05 Å². The van der Waals surface area contributed by atoms with Crippen molar-refractivity contribution in [1.82, 2.24) is 24.5 Å². The van der Waals surface area contributed by atoms with Gasteiger partial charge in [-0.05, 0) is 17.2 Å². The molecule has 0 aliphatic rings. The van der Waals surface area contributed by atoms with Crippen LogP contribution in [0.1, 0.15) is 58.3 Å². The first-order valence-electron chi connectivity index (χ1n) is 10.5. The maximum Gasteiger partial charge on any atom is 0.333 e. The van der Waals surface area contributed by atoms with E-state index in [0.717, 1.165) is 17.0 Å². The number of nitriles is 1.